The Morgan fingerprint density at radius 3 is 2.65 bits per heavy atom. The van der Waals surface area contributed by atoms with E-state index in [2.05, 4.69) is 22.4 Å². The molecular weight excluding hydrogens is 294 g/mol. The van der Waals surface area contributed by atoms with Crippen LogP contribution in [0.4, 0.5) is 0 Å². The number of benzene rings is 1. The van der Waals surface area contributed by atoms with E-state index in [1.165, 1.54) is 16.9 Å². The van der Waals surface area contributed by atoms with Gasteiger partial charge in [0.15, 0.2) is 0 Å². The first-order valence-electron chi connectivity index (χ1n) is 6.14. The second kappa shape index (κ2) is 6.45. The molecule has 1 aromatic carbocycles. The van der Waals surface area contributed by atoms with Crippen LogP contribution in [0.3, 0.4) is 0 Å². The summed E-state index contributed by atoms with van der Waals surface area (Å²) in [5.41, 5.74) is 2.05. The third-order valence-corrected chi connectivity index (χ3v) is 4.64. The van der Waals surface area contributed by atoms with Crippen LogP contribution in [0.25, 0.3) is 0 Å². The summed E-state index contributed by atoms with van der Waals surface area (Å²) >= 11 is 1.33. The number of rotatable bonds is 6. The SMILES string of the molecule is CNC(Cc1csc(CS(N)(=O)=O)n1)c1ccccc1. The lowest BCUT2D eigenvalue weighted by atomic mass is 10.0. The van der Waals surface area contributed by atoms with Gasteiger partial charge in [0, 0.05) is 17.8 Å². The van der Waals surface area contributed by atoms with Crippen LogP contribution in [0.2, 0.25) is 0 Å². The lowest BCUT2D eigenvalue weighted by Gasteiger charge is -2.15. The van der Waals surface area contributed by atoms with Crippen molar-refractivity contribution in [1.82, 2.24) is 10.3 Å². The summed E-state index contributed by atoms with van der Waals surface area (Å²) in [6.45, 7) is 0. The van der Waals surface area contributed by atoms with E-state index in [-0.39, 0.29) is 11.8 Å². The average molecular weight is 311 g/mol. The Kier molecular flexibility index (Phi) is 4.87. The quantitative estimate of drug-likeness (QED) is 0.845. The molecule has 1 heterocycles. The van der Waals surface area contributed by atoms with Gasteiger partial charge >= 0.3 is 0 Å². The molecule has 0 fully saturated rings. The van der Waals surface area contributed by atoms with Crippen LogP contribution in [0.5, 0.6) is 0 Å². The molecule has 0 aliphatic rings. The topological polar surface area (TPSA) is 85.1 Å². The fourth-order valence-electron chi connectivity index (χ4n) is 1.96. The van der Waals surface area contributed by atoms with Crippen molar-refractivity contribution < 1.29 is 8.42 Å². The zero-order chi connectivity index (χ0) is 14.6. The minimum Gasteiger partial charge on any atom is -0.313 e. The van der Waals surface area contributed by atoms with E-state index in [9.17, 15) is 8.42 Å². The van der Waals surface area contributed by atoms with Crippen molar-refractivity contribution in [3.8, 4) is 0 Å². The summed E-state index contributed by atoms with van der Waals surface area (Å²) in [6, 6.07) is 10.2. The molecule has 2 aromatic rings. The van der Waals surface area contributed by atoms with Gasteiger partial charge in [-0.1, -0.05) is 30.3 Å². The van der Waals surface area contributed by atoms with Crippen molar-refractivity contribution in [3.05, 3.63) is 52.0 Å². The molecule has 0 aliphatic carbocycles. The van der Waals surface area contributed by atoms with E-state index >= 15 is 0 Å². The number of thiazole rings is 1. The summed E-state index contributed by atoms with van der Waals surface area (Å²) in [5, 5.41) is 10.7. The molecule has 0 saturated heterocycles. The number of nitrogens with two attached hydrogens (primary N) is 1. The monoisotopic (exact) mass is 311 g/mol. The molecule has 0 radical (unpaired) electrons. The van der Waals surface area contributed by atoms with E-state index in [1.807, 2.05) is 30.6 Å². The second-order valence-electron chi connectivity index (χ2n) is 4.50. The van der Waals surface area contributed by atoms with Gasteiger partial charge < -0.3 is 5.32 Å². The van der Waals surface area contributed by atoms with Crippen molar-refractivity contribution in [1.29, 1.82) is 0 Å². The third-order valence-electron chi connectivity index (χ3n) is 2.89. The number of sulfonamides is 1. The first-order valence-corrected chi connectivity index (χ1v) is 8.73. The fraction of sp³-hybridized carbons (Fsp3) is 0.308. The summed E-state index contributed by atoms with van der Waals surface area (Å²) in [6.07, 6.45) is 0.710. The Balaban J connectivity index is 2.09. The number of aromatic nitrogens is 1. The summed E-state index contributed by atoms with van der Waals surface area (Å²) in [4.78, 5) is 4.33. The van der Waals surface area contributed by atoms with E-state index in [0.717, 1.165) is 5.69 Å². The number of likely N-dealkylation sites (N-methyl/N-ethyl adjacent to an activating group) is 1. The van der Waals surface area contributed by atoms with Gasteiger partial charge in [0.1, 0.15) is 10.8 Å². The maximum Gasteiger partial charge on any atom is 0.215 e. The van der Waals surface area contributed by atoms with Gasteiger partial charge in [-0.2, -0.15) is 0 Å². The van der Waals surface area contributed by atoms with Gasteiger partial charge in [0.2, 0.25) is 10.0 Å². The van der Waals surface area contributed by atoms with Crippen LogP contribution >= 0.6 is 11.3 Å². The van der Waals surface area contributed by atoms with Gasteiger partial charge in [-0.15, -0.1) is 11.3 Å². The lowest BCUT2D eigenvalue weighted by Crippen LogP contribution is -2.19. The van der Waals surface area contributed by atoms with Gasteiger partial charge in [-0.3, -0.25) is 0 Å². The largest absolute Gasteiger partial charge is 0.313 e. The van der Waals surface area contributed by atoms with Gasteiger partial charge in [-0.05, 0) is 12.6 Å². The Hall–Kier alpha value is -1.28. The minimum absolute atomic E-state index is 0.153. The van der Waals surface area contributed by atoms with Gasteiger partial charge in [0.25, 0.3) is 0 Å². The second-order valence-corrected chi connectivity index (χ2v) is 7.05. The van der Waals surface area contributed by atoms with E-state index < -0.39 is 10.0 Å². The van der Waals surface area contributed by atoms with Crippen LogP contribution in [0.15, 0.2) is 35.7 Å². The molecule has 20 heavy (non-hydrogen) atoms. The standard InChI is InChI=1S/C13H17N3O2S2/c1-15-12(10-5-3-2-4-6-10)7-11-8-19-13(16-11)9-20(14,17)18/h2-6,8,12,15H,7,9H2,1H3,(H2,14,17,18). The van der Waals surface area contributed by atoms with Crippen LogP contribution in [-0.4, -0.2) is 20.4 Å². The third kappa shape index (κ3) is 4.38. The Morgan fingerprint density at radius 1 is 1.35 bits per heavy atom. The van der Waals surface area contributed by atoms with Gasteiger partial charge in [-0.25, -0.2) is 18.5 Å². The summed E-state index contributed by atoms with van der Waals surface area (Å²) in [7, 11) is -1.62. The van der Waals surface area contributed by atoms with Crippen LogP contribution in [0.1, 0.15) is 22.3 Å². The number of nitrogens with one attached hydrogen (secondary N) is 1. The van der Waals surface area contributed by atoms with Crippen molar-refractivity contribution in [2.75, 3.05) is 7.05 Å². The maximum absolute atomic E-state index is 11.0. The molecule has 7 heteroatoms. The molecule has 1 aromatic heterocycles. The predicted molar refractivity (Wildman–Crippen MR) is 80.9 cm³/mol. The maximum atomic E-state index is 11.0. The van der Waals surface area contributed by atoms with Crippen LogP contribution in [-0.2, 0) is 22.2 Å². The van der Waals surface area contributed by atoms with E-state index in [4.69, 9.17) is 5.14 Å². The Morgan fingerprint density at radius 2 is 2.05 bits per heavy atom. The first-order chi connectivity index (χ1) is 9.48. The zero-order valence-corrected chi connectivity index (χ0v) is 12.7. The zero-order valence-electron chi connectivity index (χ0n) is 11.1. The number of primary sulfonamides is 1. The first kappa shape index (κ1) is 15.1. The molecule has 0 spiro atoms. The highest BCUT2D eigenvalue weighted by atomic mass is 32.2. The predicted octanol–water partition coefficient (Wildman–Crippen LogP) is 1.43. The van der Waals surface area contributed by atoms with Gasteiger partial charge in [0.05, 0.1) is 5.69 Å². The van der Waals surface area contributed by atoms with Crippen molar-refractivity contribution in [3.63, 3.8) is 0 Å². The molecule has 0 saturated carbocycles. The molecule has 3 N–H and O–H groups in total. The normalized spacial score (nSPS) is 13.3. The molecule has 0 bridgehead atoms. The molecule has 1 unspecified atom stereocenters. The van der Waals surface area contributed by atoms with Crippen molar-refractivity contribution >= 4 is 21.4 Å². The Labute approximate surface area is 122 Å². The highest BCUT2D eigenvalue weighted by molar-refractivity contribution is 7.88. The fourth-order valence-corrected chi connectivity index (χ4v) is 3.73. The van der Waals surface area contributed by atoms with Crippen molar-refractivity contribution in [2.24, 2.45) is 5.14 Å². The number of hydrogen-bond donors (Lipinski definition) is 2. The molecule has 108 valence electrons. The molecule has 0 amide bonds. The lowest BCUT2D eigenvalue weighted by molar-refractivity contribution is 0.584. The van der Waals surface area contributed by atoms with Crippen molar-refractivity contribution in [2.45, 2.75) is 18.2 Å². The molecule has 2 rings (SSSR count). The molecule has 1 atom stereocenters. The number of hydrogen-bond acceptors (Lipinski definition) is 5. The molecule has 5 nitrogen and oxygen atoms in total. The van der Waals surface area contributed by atoms with E-state index in [0.29, 0.717) is 11.4 Å². The molecular formula is C13H17N3O2S2. The smallest absolute Gasteiger partial charge is 0.215 e. The number of nitrogens with zero attached hydrogens (tertiary/aromatic N) is 1. The highest BCUT2D eigenvalue weighted by Crippen LogP contribution is 2.20. The molecule has 0 aliphatic heterocycles. The summed E-state index contributed by atoms with van der Waals surface area (Å²) in [5.74, 6) is -0.201. The highest BCUT2D eigenvalue weighted by Gasteiger charge is 2.14. The minimum atomic E-state index is -3.52. The average Bonchev–Trinajstić information content (AvgIpc) is 2.82. The Bertz CT molecular complexity index is 653. The summed E-state index contributed by atoms with van der Waals surface area (Å²) < 4.78 is 22.1. The van der Waals surface area contributed by atoms with Crippen LogP contribution < -0.4 is 10.5 Å². The van der Waals surface area contributed by atoms with E-state index in [1.54, 1.807) is 0 Å². The van der Waals surface area contributed by atoms with Crippen LogP contribution in [0, 0.1) is 0 Å².